The van der Waals surface area contributed by atoms with Gasteiger partial charge in [0.15, 0.2) is 0 Å². The average molecular weight is 287 g/mol. The van der Waals surface area contributed by atoms with Crippen LogP contribution in [0.15, 0.2) is 34.9 Å². The van der Waals surface area contributed by atoms with Gasteiger partial charge in [-0.05, 0) is 24.3 Å². The van der Waals surface area contributed by atoms with Crippen LogP contribution < -0.4 is 4.74 Å². The molecule has 0 aliphatic heterocycles. The molecule has 0 saturated heterocycles. The number of benzene rings is 1. The van der Waals surface area contributed by atoms with E-state index in [1.807, 2.05) is 0 Å². The minimum atomic E-state index is -1.05. The molecule has 0 atom stereocenters. The number of halogens is 2. The van der Waals surface area contributed by atoms with Crippen LogP contribution in [-0.4, -0.2) is 11.1 Å². The molecule has 0 bridgehead atoms. The second-order valence-corrected chi connectivity index (χ2v) is 4.37. The number of carboxylic acid groups (broad SMARTS) is 1. The van der Waals surface area contributed by atoms with E-state index in [2.05, 4.69) is 0 Å². The summed E-state index contributed by atoms with van der Waals surface area (Å²) in [5.41, 5.74) is 0.0812. The van der Waals surface area contributed by atoms with E-state index in [9.17, 15) is 4.79 Å². The molecule has 0 unspecified atom stereocenters. The van der Waals surface area contributed by atoms with Gasteiger partial charge in [-0.25, -0.2) is 4.79 Å². The standard InChI is InChI=1S/C12H8Cl2O4/c13-8-2-9(14)4-10(3-8)18-6-11-1-7(5-17-11)12(15)16/h1-5H,6H2,(H,15,16). The number of hydrogen-bond acceptors (Lipinski definition) is 3. The summed E-state index contributed by atoms with van der Waals surface area (Å²) < 4.78 is 10.4. The number of hydrogen-bond donors (Lipinski definition) is 1. The normalized spacial score (nSPS) is 10.3. The van der Waals surface area contributed by atoms with E-state index in [1.54, 1.807) is 18.2 Å². The van der Waals surface area contributed by atoms with E-state index in [-0.39, 0.29) is 12.2 Å². The Bertz CT molecular complexity index is 557. The van der Waals surface area contributed by atoms with E-state index in [0.29, 0.717) is 21.6 Å². The van der Waals surface area contributed by atoms with E-state index in [1.165, 1.54) is 6.07 Å². The Kier molecular flexibility index (Phi) is 3.79. The van der Waals surface area contributed by atoms with E-state index < -0.39 is 5.97 Å². The molecule has 1 aromatic carbocycles. The van der Waals surface area contributed by atoms with Crippen molar-refractivity contribution < 1.29 is 19.1 Å². The molecule has 1 heterocycles. The van der Waals surface area contributed by atoms with Crippen molar-refractivity contribution >= 4 is 29.2 Å². The first-order chi connectivity index (χ1) is 8.54. The number of aromatic carboxylic acids is 1. The highest BCUT2D eigenvalue weighted by Gasteiger charge is 2.09. The summed E-state index contributed by atoms with van der Waals surface area (Å²) in [6.45, 7) is 0.101. The summed E-state index contributed by atoms with van der Waals surface area (Å²) in [6.07, 6.45) is 1.16. The van der Waals surface area contributed by atoms with Gasteiger partial charge in [0.1, 0.15) is 24.4 Å². The maximum atomic E-state index is 10.6. The molecule has 0 aliphatic carbocycles. The molecule has 0 radical (unpaired) electrons. The van der Waals surface area contributed by atoms with Crippen molar-refractivity contribution in [3.63, 3.8) is 0 Å². The van der Waals surface area contributed by atoms with Crippen molar-refractivity contribution in [1.29, 1.82) is 0 Å². The topological polar surface area (TPSA) is 59.7 Å². The third kappa shape index (κ3) is 3.18. The van der Waals surface area contributed by atoms with Crippen molar-refractivity contribution in [3.05, 3.63) is 51.9 Å². The van der Waals surface area contributed by atoms with Crippen molar-refractivity contribution in [3.8, 4) is 5.75 Å². The number of furan rings is 1. The average Bonchev–Trinajstić information content (AvgIpc) is 2.73. The molecule has 1 aromatic heterocycles. The van der Waals surface area contributed by atoms with Crippen LogP contribution in [0.25, 0.3) is 0 Å². The molecule has 94 valence electrons. The number of carbonyl (C=O) groups is 1. The van der Waals surface area contributed by atoms with Gasteiger partial charge in [-0.1, -0.05) is 23.2 Å². The van der Waals surface area contributed by atoms with Crippen LogP contribution in [0.1, 0.15) is 16.1 Å². The zero-order valence-electron chi connectivity index (χ0n) is 9.02. The Morgan fingerprint density at radius 3 is 2.44 bits per heavy atom. The molecule has 0 amide bonds. The first-order valence-corrected chi connectivity index (χ1v) is 5.70. The molecular formula is C12H8Cl2O4. The predicted octanol–water partition coefficient (Wildman–Crippen LogP) is 3.86. The number of ether oxygens (including phenoxy) is 1. The van der Waals surface area contributed by atoms with E-state index in [0.717, 1.165) is 6.26 Å². The lowest BCUT2D eigenvalue weighted by Crippen LogP contribution is -1.95. The Hall–Kier alpha value is -1.65. The number of carboxylic acids is 1. The maximum absolute atomic E-state index is 10.6. The molecule has 0 spiro atoms. The lowest BCUT2D eigenvalue weighted by Gasteiger charge is -2.04. The Morgan fingerprint density at radius 1 is 1.22 bits per heavy atom. The van der Waals surface area contributed by atoms with Gasteiger partial charge < -0.3 is 14.3 Å². The first-order valence-electron chi connectivity index (χ1n) is 4.94. The molecule has 2 aromatic rings. The van der Waals surface area contributed by atoms with Gasteiger partial charge >= 0.3 is 5.97 Å². The van der Waals surface area contributed by atoms with Crippen molar-refractivity contribution in [2.24, 2.45) is 0 Å². The molecule has 1 N–H and O–H groups in total. The van der Waals surface area contributed by atoms with Gasteiger partial charge in [0.05, 0.1) is 5.56 Å². The lowest BCUT2D eigenvalue weighted by atomic mass is 10.3. The van der Waals surface area contributed by atoms with Crippen LogP contribution in [-0.2, 0) is 6.61 Å². The fourth-order valence-corrected chi connectivity index (χ4v) is 1.84. The van der Waals surface area contributed by atoms with Gasteiger partial charge in [0, 0.05) is 10.0 Å². The lowest BCUT2D eigenvalue weighted by molar-refractivity contribution is 0.0696. The molecule has 18 heavy (non-hydrogen) atoms. The summed E-state index contributed by atoms with van der Waals surface area (Å²) in [4.78, 5) is 10.6. The molecule has 6 heteroatoms. The summed E-state index contributed by atoms with van der Waals surface area (Å²) in [5.74, 6) is -0.153. The molecule has 0 fully saturated rings. The highest BCUT2D eigenvalue weighted by molar-refractivity contribution is 6.34. The monoisotopic (exact) mass is 286 g/mol. The largest absolute Gasteiger partial charge is 0.486 e. The number of rotatable bonds is 4. The van der Waals surface area contributed by atoms with Crippen LogP contribution in [0.2, 0.25) is 10.0 Å². The van der Waals surface area contributed by atoms with Gasteiger partial charge in [-0.15, -0.1) is 0 Å². The Labute approximate surface area is 113 Å². The molecule has 4 nitrogen and oxygen atoms in total. The van der Waals surface area contributed by atoms with Gasteiger partial charge in [-0.2, -0.15) is 0 Å². The summed E-state index contributed by atoms with van der Waals surface area (Å²) in [5, 5.41) is 9.64. The summed E-state index contributed by atoms with van der Waals surface area (Å²) in [7, 11) is 0. The van der Waals surface area contributed by atoms with Crippen molar-refractivity contribution in [2.45, 2.75) is 6.61 Å². The second kappa shape index (κ2) is 5.33. The van der Waals surface area contributed by atoms with Crippen LogP contribution in [0.5, 0.6) is 5.75 Å². The fraction of sp³-hybridized carbons (Fsp3) is 0.0833. The van der Waals surface area contributed by atoms with E-state index >= 15 is 0 Å². The molecular weight excluding hydrogens is 279 g/mol. The maximum Gasteiger partial charge on any atom is 0.338 e. The smallest absolute Gasteiger partial charge is 0.338 e. The zero-order valence-corrected chi connectivity index (χ0v) is 10.5. The van der Waals surface area contributed by atoms with Crippen molar-refractivity contribution in [1.82, 2.24) is 0 Å². The van der Waals surface area contributed by atoms with Crippen LogP contribution in [0.4, 0.5) is 0 Å². The first kappa shape index (κ1) is 12.8. The zero-order chi connectivity index (χ0) is 13.1. The van der Waals surface area contributed by atoms with Crippen LogP contribution in [0.3, 0.4) is 0 Å². The highest BCUT2D eigenvalue weighted by atomic mass is 35.5. The predicted molar refractivity (Wildman–Crippen MR) is 66.5 cm³/mol. The van der Waals surface area contributed by atoms with Crippen molar-refractivity contribution in [2.75, 3.05) is 0 Å². The highest BCUT2D eigenvalue weighted by Crippen LogP contribution is 2.25. The van der Waals surface area contributed by atoms with E-state index in [4.69, 9.17) is 37.5 Å². The third-order valence-electron chi connectivity index (χ3n) is 2.12. The molecule has 2 rings (SSSR count). The van der Waals surface area contributed by atoms with Gasteiger partial charge in [-0.3, -0.25) is 0 Å². The summed E-state index contributed by atoms with van der Waals surface area (Å²) in [6, 6.07) is 6.20. The van der Waals surface area contributed by atoms with Crippen LogP contribution >= 0.6 is 23.2 Å². The van der Waals surface area contributed by atoms with Gasteiger partial charge in [0.2, 0.25) is 0 Å². The minimum absolute atomic E-state index is 0.0812. The Morgan fingerprint density at radius 2 is 1.89 bits per heavy atom. The fourth-order valence-electron chi connectivity index (χ4n) is 1.33. The minimum Gasteiger partial charge on any atom is -0.486 e. The quantitative estimate of drug-likeness (QED) is 0.927. The second-order valence-electron chi connectivity index (χ2n) is 3.50. The molecule has 0 aliphatic rings. The summed E-state index contributed by atoms with van der Waals surface area (Å²) >= 11 is 11.6. The van der Waals surface area contributed by atoms with Gasteiger partial charge in [0.25, 0.3) is 0 Å². The third-order valence-corrected chi connectivity index (χ3v) is 2.55. The SMILES string of the molecule is O=C(O)c1coc(COc2cc(Cl)cc(Cl)c2)c1. The Balaban J connectivity index is 2.04. The van der Waals surface area contributed by atoms with Crippen LogP contribution in [0, 0.1) is 0 Å². The molecule has 0 saturated carbocycles.